The maximum absolute atomic E-state index is 12.9. The van der Waals surface area contributed by atoms with E-state index >= 15 is 0 Å². The monoisotopic (exact) mass is 401 g/mol. The lowest BCUT2D eigenvalue weighted by Crippen LogP contribution is -2.43. The van der Waals surface area contributed by atoms with Crippen LogP contribution in [0.25, 0.3) is 0 Å². The quantitative estimate of drug-likeness (QED) is 0.715. The predicted octanol–water partition coefficient (Wildman–Crippen LogP) is 3.15. The fourth-order valence-electron chi connectivity index (χ4n) is 3.45. The Hall–Kier alpha value is -2.34. The first-order valence-electron chi connectivity index (χ1n) is 9.63. The normalized spacial score (nSPS) is 18.0. The minimum Gasteiger partial charge on any atom is -0.484 e. The molecule has 6 heteroatoms. The van der Waals surface area contributed by atoms with E-state index in [1.807, 2.05) is 55.5 Å². The number of aryl methyl sites for hydroxylation is 2. The van der Waals surface area contributed by atoms with Gasteiger partial charge in [0.25, 0.3) is 5.91 Å². The van der Waals surface area contributed by atoms with E-state index in [0.29, 0.717) is 18.7 Å². The molecule has 0 bridgehead atoms. The molecule has 3 rings (SSSR count). The minimum atomic E-state index is -3.08. The van der Waals surface area contributed by atoms with Crippen LogP contribution < -0.4 is 4.74 Å². The van der Waals surface area contributed by atoms with E-state index in [1.165, 1.54) is 5.56 Å². The van der Waals surface area contributed by atoms with Gasteiger partial charge in [0.15, 0.2) is 16.4 Å². The fourth-order valence-corrected chi connectivity index (χ4v) is 5.18. The van der Waals surface area contributed by atoms with Gasteiger partial charge in [0, 0.05) is 12.6 Å². The molecule has 1 saturated heterocycles. The highest BCUT2D eigenvalue weighted by atomic mass is 32.2. The van der Waals surface area contributed by atoms with Crippen LogP contribution in [0.4, 0.5) is 0 Å². The number of hydrogen-bond donors (Lipinski definition) is 0. The van der Waals surface area contributed by atoms with Crippen LogP contribution in [-0.4, -0.2) is 43.4 Å². The number of rotatable bonds is 7. The molecule has 0 aromatic heterocycles. The molecule has 0 unspecified atom stereocenters. The zero-order valence-electron chi connectivity index (χ0n) is 16.4. The summed E-state index contributed by atoms with van der Waals surface area (Å²) in [6, 6.07) is 15.3. The molecule has 2 aromatic carbocycles. The largest absolute Gasteiger partial charge is 0.484 e. The Morgan fingerprint density at radius 2 is 1.86 bits per heavy atom. The van der Waals surface area contributed by atoms with Gasteiger partial charge in [-0.15, -0.1) is 0 Å². The Kier molecular flexibility index (Phi) is 6.39. The van der Waals surface area contributed by atoms with E-state index in [-0.39, 0.29) is 30.1 Å². The van der Waals surface area contributed by atoms with Gasteiger partial charge < -0.3 is 9.64 Å². The number of ether oxygens (including phenoxy) is 1. The molecule has 1 amide bonds. The van der Waals surface area contributed by atoms with Crippen molar-refractivity contribution in [3.63, 3.8) is 0 Å². The smallest absolute Gasteiger partial charge is 0.261 e. The summed E-state index contributed by atoms with van der Waals surface area (Å²) in [7, 11) is -3.08. The minimum absolute atomic E-state index is 0.0240. The van der Waals surface area contributed by atoms with Crippen LogP contribution in [-0.2, 0) is 27.6 Å². The molecule has 0 spiro atoms. The first-order valence-corrected chi connectivity index (χ1v) is 11.5. The van der Waals surface area contributed by atoms with E-state index in [2.05, 4.69) is 6.92 Å². The number of carbonyl (C=O) groups excluding carboxylic acids is 1. The van der Waals surface area contributed by atoms with Crippen molar-refractivity contribution in [2.45, 2.75) is 39.3 Å². The first kappa shape index (κ1) is 20.4. The predicted molar refractivity (Wildman–Crippen MR) is 110 cm³/mol. The Morgan fingerprint density at radius 1 is 1.14 bits per heavy atom. The molecule has 0 saturated carbocycles. The topological polar surface area (TPSA) is 63.7 Å². The van der Waals surface area contributed by atoms with E-state index in [9.17, 15) is 13.2 Å². The van der Waals surface area contributed by atoms with Crippen molar-refractivity contribution in [1.29, 1.82) is 0 Å². The van der Waals surface area contributed by atoms with Gasteiger partial charge >= 0.3 is 0 Å². The molecule has 5 nitrogen and oxygen atoms in total. The van der Waals surface area contributed by atoms with Gasteiger partial charge in [-0.25, -0.2) is 8.42 Å². The highest BCUT2D eigenvalue weighted by Gasteiger charge is 2.34. The second-order valence-corrected chi connectivity index (χ2v) is 9.58. The van der Waals surface area contributed by atoms with Crippen LogP contribution in [0.2, 0.25) is 0 Å². The van der Waals surface area contributed by atoms with Crippen molar-refractivity contribution in [3.05, 3.63) is 65.2 Å². The van der Waals surface area contributed by atoms with Crippen LogP contribution in [0.5, 0.6) is 5.75 Å². The van der Waals surface area contributed by atoms with Crippen molar-refractivity contribution in [2.24, 2.45) is 0 Å². The number of sulfone groups is 1. The third-order valence-corrected chi connectivity index (χ3v) is 6.86. The maximum atomic E-state index is 12.9. The molecule has 1 fully saturated rings. The van der Waals surface area contributed by atoms with Gasteiger partial charge in [0.2, 0.25) is 0 Å². The summed E-state index contributed by atoms with van der Waals surface area (Å²) in [5.74, 6) is 0.605. The molecule has 0 aliphatic carbocycles. The summed E-state index contributed by atoms with van der Waals surface area (Å²) in [6.07, 6.45) is 1.43. The molecule has 1 atom stereocenters. The van der Waals surface area contributed by atoms with Gasteiger partial charge in [-0.05, 0) is 48.6 Å². The summed E-state index contributed by atoms with van der Waals surface area (Å²) < 4.78 is 29.6. The van der Waals surface area contributed by atoms with Crippen molar-refractivity contribution < 1.29 is 17.9 Å². The molecule has 1 heterocycles. The highest BCUT2D eigenvalue weighted by molar-refractivity contribution is 7.91. The Balaban J connectivity index is 1.73. The summed E-state index contributed by atoms with van der Waals surface area (Å²) in [6.45, 7) is 4.34. The SMILES string of the molecule is CCc1ccc(CN(C(=O)COc2cccc(C)c2)[C@H]2CCS(=O)(=O)C2)cc1. The van der Waals surface area contributed by atoms with Gasteiger partial charge in [-0.1, -0.05) is 43.3 Å². The zero-order valence-corrected chi connectivity index (χ0v) is 17.2. The third kappa shape index (κ3) is 5.35. The van der Waals surface area contributed by atoms with Crippen molar-refractivity contribution in [1.82, 2.24) is 4.90 Å². The van der Waals surface area contributed by atoms with Crippen LogP contribution >= 0.6 is 0 Å². The fraction of sp³-hybridized carbons (Fsp3) is 0.409. The first-order chi connectivity index (χ1) is 13.4. The Morgan fingerprint density at radius 3 is 2.46 bits per heavy atom. The molecule has 0 radical (unpaired) electrons. The van der Waals surface area contributed by atoms with E-state index < -0.39 is 9.84 Å². The number of nitrogens with zero attached hydrogens (tertiary/aromatic N) is 1. The molecule has 1 aliphatic rings. The zero-order chi connectivity index (χ0) is 20.1. The van der Waals surface area contributed by atoms with Crippen LogP contribution in [0.15, 0.2) is 48.5 Å². The van der Waals surface area contributed by atoms with E-state index in [0.717, 1.165) is 17.5 Å². The summed E-state index contributed by atoms with van der Waals surface area (Å²) in [4.78, 5) is 14.6. The van der Waals surface area contributed by atoms with Crippen molar-refractivity contribution >= 4 is 15.7 Å². The van der Waals surface area contributed by atoms with Crippen LogP contribution in [0, 0.1) is 6.92 Å². The number of benzene rings is 2. The highest BCUT2D eigenvalue weighted by Crippen LogP contribution is 2.21. The Bertz CT molecular complexity index is 922. The molecule has 28 heavy (non-hydrogen) atoms. The lowest BCUT2D eigenvalue weighted by molar-refractivity contribution is -0.136. The second kappa shape index (κ2) is 8.78. The van der Waals surface area contributed by atoms with Gasteiger partial charge in [0.05, 0.1) is 11.5 Å². The average molecular weight is 402 g/mol. The van der Waals surface area contributed by atoms with Crippen molar-refractivity contribution in [3.8, 4) is 5.75 Å². The summed E-state index contributed by atoms with van der Waals surface area (Å²) in [5.41, 5.74) is 3.28. The summed E-state index contributed by atoms with van der Waals surface area (Å²) >= 11 is 0. The number of amides is 1. The lowest BCUT2D eigenvalue weighted by atomic mass is 10.1. The summed E-state index contributed by atoms with van der Waals surface area (Å²) in [5, 5.41) is 0. The second-order valence-electron chi connectivity index (χ2n) is 7.35. The maximum Gasteiger partial charge on any atom is 0.261 e. The molecular formula is C22H27NO4S. The Labute approximate surface area is 167 Å². The lowest BCUT2D eigenvalue weighted by Gasteiger charge is -2.28. The van der Waals surface area contributed by atoms with Gasteiger partial charge in [-0.2, -0.15) is 0 Å². The number of hydrogen-bond acceptors (Lipinski definition) is 4. The molecule has 150 valence electrons. The van der Waals surface area contributed by atoms with E-state index in [4.69, 9.17) is 4.74 Å². The average Bonchev–Trinajstić information content (AvgIpc) is 3.04. The number of carbonyl (C=O) groups is 1. The molecular weight excluding hydrogens is 374 g/mol. The van der Waals surface area contributed by atoms with Gasteiger partial charge in [0.1, 0.15) is 5.75 Å². The van der Waals surface area contributed by atoms with Crippen molar-refractivity contribution in [2.75, 3.05) is 18.1 Å². The molecule has 1 aliphatic heterocycles. The van der Waals surface area contributed by atoms with E-state index in [1.54, 1.807) is 4.90 Å². The van der Waals surface area contributed by atoms with Crippen LogP contribution in [0.3, 0.4) is 0 Å². The molecule has 2 aromatic rings. The molecule has 0 N–H and O–H groups in total. The van der Waals surface area contributed by atoms with Crippen LogP contribution in [0.1, 0.15) is 30.0 Å². The van der Waals surface area contributed by atoms with Gasteiger partial charge in [-0.3, -0.25) is 4.79 Å². The standard InChI is InChI=1S/C22H27NO4S/c1-3-18-7-9-19(10-8-18)14-23(20-11-12-28(25,26)16-20)22(24)15-27-21-6-4-5-17(2)13-21/h4-10,13,20H,3,11-12,14-16H2,1-2H3/t20-/m0/s1. The third-order valence-electron chi connectivity index (χ3n) is 5.11.